The highest BCUT2D eigenvalue weighted by molar-refractivity contribution is 7.89. The van der Waals surface area contributed by atoms with Gasteiger partial charge in [-0.25, -0.2) is 13.1 Å². The number of benzene rings is 1. The Bertz CT molecular complexity index is 569. The number of hydrogen-bond acceptors (Lipinski definition) is 6. The summed E-state index contributed by atoms with van der Waals surface area (Å²) < 4.78 is 41.0. The molecule has 7 nitrogen and oxygen atoms in total. The van der Waals surface area contributed by atoms with Crippen LogP contribution in [0.4, 0.5) is 0 Å². The van der Waals surface area contributed by atoms with Gasteiger partial charge in [0.2, 0.25) is 10.0 Å². The van der Waals surface area contributed by atoms with Crippen LogP contribution in [0.3, 0.4) is 0 Å². The lowest BCUT2D eigenvalue weighted by molar-refractivity contribution is -0.140. The molecule has 112 valence electrons. The molecule has 0 aromatic heterocycles. The molecule has 0 aliphatic carbocycles. The second-order valence-corrected chi connectivity index (χ2v) is 5.48. The van der Waals surface area contributed by atoms with E-state index in [9.17, 15) is 13.2 Å². The van der Waals surface area contributed by atoms with Crippen molar-refractivity contribution in [2.75, 3.05) is 27.9 Å². The van der Waals surface area contributed by atoms with Crippen molar-refractivity contribution in [3.63, 3.8) is 0 Å². The van der Waals surface area contributed by atoms with Gasteiger partial charge in [0.1, 0.15) is 16.4 Å². The molecule has 1 aromatic carbocycles. The lowest BCUT2D eigenvalue weighted by Crippen LogP contribution is -2.27. The van der Waals surface area contributed by atoms with Crippen LogP contribution in [0.5, 0.6) is 11.5 Å². The van der Waals surface area contributed by atoms with Gasteiger partial charge in [-0.1, -0.05) is 0 Å². The van der Waals surface area contributed by atoms with Gasteiger partial charge in [0.05, 0.1) is 27.8 Å². The molecule has 1 rings (SSSR count). The first-order chi connectivity index (χ1) is 9.44. The molecule has 0 radical (unpaired) electrons. The highest BCUT2D eigenvalue weighted by Crippen LogP contribution is 2.27. The number of nitrogens with one attached hydrogen (secondary N) is 1. The molecular weight excluding hydrogens is 286 g/mol. The third-order valence-corrected chi connectivity index (χ3v) is 3.99. The minimum Gasteiger partial charge on any atom is -0.497 e. The molecule has 0 unspecified atom stereocenters. The quantitative estimate of drug-likeness (QED) is 0.740. The van der Waals surface area contributed by atoms with Gasteiger partial charge in [-0.05, 0) is 12.1 Å². The summed E-state index contributed by atoms with van der Waals surface area (Å²) >= 11 is 0. The van der Waals surface area contributed by atoms with E-state index in [2.05, 4.69) is 9.46 Å². The van der Waals surface area contributed by atoms with Crippen LogP contribution in [0.25, 0.3) is 0 Å². The predicted octanol–water partition coefficient (Wildman–Crippen LogP) is 0.545. The molecule has 0 atom stereocenters. The van der Waals surface area contributed by atoms with E-state index in [1.54, 1.807) is 6.07 Å². The fourth-order valence-electron chi connectivity index (χ4n) is 1.46. The Balaban J connectivity index is 2.93. The van der Waals surface area contributed by atoms with Crippen molar-refractivity contribution < 1.29 is 27.4 Å². The second kappa shape index (κ2) is 7.11. The molecule has 0 aliphatic rings. The lowest BCUT2D eigenvalue weighted by Gasteiger charge is -2.11. The largest absolute Gasteiger partial charge is 0.497 e. The van der Waals surface area contributed by atoms with Gasteiger partial charge in [-0.3, -0.25) is 4.79 Å². The van der Waals surface area contributed by atoms with Crippen molar-refractivity contribution in [3.8, 4) is 11.5 Å². The smallest absolute Gasteiger partial charge is 0.306 e. The monoisotopic (exact) mass is 303 g/mol. The molecule has 0 fully saturated rings. The SMILES string of the molecule is COC(=O)CCNS(=O)(=O)c1cc(OC)ccc1OC. The molecule has 0 aliphatic heterocycles. The normalized spacial score (nSPS) is 10.9. The molecule has 0 heterocycles. The maximum absolute atomic E-state index is 12.2. The summed E-state index contributed by atoms with van der Waals surface area (Å²) in [7, 11) is 0.239. The van der Waals surface area contributed by atoms with E-state index in [1.165, 1.54) is 33.5 Å². The summed E-state index contributed by atoms with van der Waals surface area (Å²) in [5, 5.41) is 0. The number of carbonyl (C=O) groups is 1. The van der Waals surface area contributed by atoms with Gasteiger partial charge < -0.3 is 14.2 Å². The third-order valence-electron chi connectivity index (χ3n) is 2.51. The number of esters is 1. The third kappa shape index (κ3) is 4.10. The van der Waals surface area contributed by atoms with Gasteiger partial charge in [-0.15, -0.1) is 0 Å². The van der Waals surface area contributed by atoms with Gasteiger partial charge >= 0.3 is 5.97 Å². The van der Waals surface area contributed by atoms with Crippen molar-refractivity contribution in [2.24, 2.45) is 0 Å². The number of hydrogen-bond donors (Lipinski definition) is 1. The average Bonchev–Trinajstić information content (AvgIpc) is 2.46. The summed E-state index contributed by atoms with van der Waals surface area (Å²) in [5.41, 5.74) is 0. The number of sulfonamides is 1. The second-order valence-electron chi connectivity index (χ2n) is 3.74. The van der Waals surface area contributed by atoms with Gasteiger partial charge in [0.25, 0.3) is 0 Å². The molecule has 0 saturated heterocycles. The Morgan fingerprint density at radius 2 is 1.90 bits per heavy atom. The van der Waals surface area contributed by atoms with Crippen LogP contribution >= 0.6 is 0 Å². The van der Waals surface area contributed by atoms with Crippen LogP contribution in [0.15, 0.2) is 23.1 Å². The summed E-state index contributed by atoms with van der Waals surface area (Å²) in [6.07, 6.45) is -0.0536. The van der Waals surface area contributed by atoms with E-state index < -0.39 is 16.0 Å². The summed E-state index contributed by atoms with van der Waals surface area (Å²) in [6.45, 7) is -0.0601. The minimum absolute atomic E-state index is 0.0517. The zero-order chi connectivity index (χ0) is 15.2. The molecule has 20 heavy (non-hydrogen) atoms. The Kier molecular flexibility index (Phi) is 5.78. The predicted molar refractivity (Wildman–Crippen MR) is 71.4 cm³/mol. The lowest BCUT2D eigenvalue weighted by atomic mass is 10.3. The first kappa shape index (κ1) is 16.3. The van der Waals surface area contributed by atoms with E-state index in [0.717, 1.165) is 0 Å². The Morgan fingerprint density at radius 3 is 2.45 bits per heavy atom. The van der Waals surface area contributed by atoms with Crippen molar-refractivity contribution in [3.05, 3.63) is 18.2 Å². The fourth-order valence-corrected chi connectivity index (χ4v) is 2.68. The van der Waals surface area contributed by atoms with Crippen LogP contribution in [-0.4, -0.2) is 42.3 Å². The Labute approximate surface area is 117 Å². The number of methoxy groups -OCH3 is 3. The van der Waals surface area contributed by atoms with Crippen molar-refractivity contribution >= 4 is 16.0 Å². The van der Waals surface area contributed by atoms with Crippen molar-refractivity contribution in [1.29, 1.82) is 0 Å². The van der Waals surface area contributed by atoms with E-state index in [-0.39, 0.29) is 23.6 Å². The van der Waals surface area contributed by atoms with Gasteiger partial charge in [0, 0.05) is 12.6 Å². The number of carbonyl (C=O) groups excluding carboxylic acids is 1. The van der Waals surface area contributed by atoms with E-state index in [1.807, 2.05) is 0 Å². The Morgan fingerprint density at radius 1 is 1.20 bits per heavy atom. The van der Waals surface area contributed by atoms with E-state index in [0.29, 0.717) is 5.75 Å². The maximum Gasteiger partial charge on any atom is 0.306 e. The van der Waals surface area contributed by atoms with E-state index >= 15 is 0 Å². The Hall–Kier alpha value is -1.80. The van der Waals surface area contributed by atoms with Crippen LogP contribution in [0.2, 0.25) is 0 Å². The number of rotatable bonds is 7. The summed E-state index contributed by atoms with van der Waals surface area (Å²) in [4.78, 5) is 10.9. The minimum atomic E-state index is -3.80. The van der Waals surface area contributed by atoms with Crippen LogP contribution in [-0.2, 0) is 19.6 Å². The maximum atomic E-state index is 12.2. The van der Waals surface area contributed by atoms with Crippen LogP contribution in [0.1, 0.15) is 6.42 Å². The van der Waals surface area contributed by atoms with Crippen molar-refractivity contribution in [2.45, 2.75) is 11.3 Å². The van der Waals surface area contributed by atoms with E-state index in [4.69, 9.17) is 9.47 Å². The molecule has 1 N–H and O–H groups in total. The van der Waals surface area contributed by atoms with Crippen LogP contribution < -0.4 is 14.2 Å². The molecule has 0 amide bonds. The molecular formula is C12H17NO6S. The molecule has 8 heteroatoms. The van der Waals surface area contributed by atoms with Crippen molar-refractivity contribution in [1.82, 2.24) is 4.72 Å². The molecule has 0 saturated carbocycles. The van der Waals surface area contributed by atoms with Gasteiger partial charge in [0.15, 0.2) is 0 Å². The standard InChI is InChI=1S/C12H17NO6S/c1-17-9-4-5-10(18-2)11(8-9)20(15,16)13-7-6-12(14)19-3/h4-5,8,13H,6-7H2,1-3H3. The molecule has 1 aromatic rings. The number of ether oxygens (including phenoxy) is 3. The van der Waals surface area contributed by atoms with Gasteiger partial charge in [-0.2, -0.15) is 0 Å². The first-order valence-corrected chi connectivity index (χ1v) is 7.21. The highest BCUT2D eigenvalue weighted by atomic mass is 32.2. The molecule has 0 bridgehead atoms. The zero-order valence-electron chi connectivity index (χ0n) is 11.5. The topological polar surface area (TPSA) is 90.9 Å². The summed E-state index contributed by atoms with van der Waals surface area (Å²) in [5.74, 6) is 0.0841. The zero-order valence-corrected chi connectivity index (χ0v) is 12.3. The van der Waals surface area contributed by atoms with Crippen LogP contribution in [0, 0.1) is 0 Å². The highest BCUT2D eigenvalue weighted by Gasteiger charge is 2.20. The first-order valence-electron chi connectivity index (χ1n) is 5.73. The summed E-state index contributed by atoms with van der Waals surface area (Å²) in [6, 6.07) is 4.43. The molecule has 0 spiro atoms. The average molecular weight is 303 g/mol. The fraction of sp³-hybridized carbons (Fsp3) is 0.417.